The first-order valence-corrected chi connectivity index (χ1v) is 12.2. The third-order valence-electron chi connectivity index (χ3n) is 5.12. The number of methoxy groups -OCH3 is 1. The van der Waals surface area contributed by atoms with Crippen LogP contribution in [0, 0.1) is 6.92 Å². The van der Waals surface area contributed by atoms with Gasteiger partial charge >= 0.3 is 5.97 Å². The van der Waals surface area contributed by atoms with E-state index in [9.17, 15) is 22.8 Å². The lowest BCUT2D eigenvalue weighted by molar-refractivity contribution is -0.129. The van der Waals surface area contributed by atoms with E-state index in [4.69, 9.17) is 4.74 Å². The molecule has 1 N–H and O–H groups in total. The Labute approximate surface area is 185 Å². The molecule has 31 heavy (non-hydrogen) atoms. The number of hydrogen-bond acceptors (Lipinski definition) is 7. The summed E-state index contributed by atoms with van der Waals surface area (Å²) < 4.78 is 29.9. The summed E-state index contributed by atoms with van der Waals surface area (Å²) in [5.41, 5.74) is 1.98. The van der Waals surface area contributed by atoms with Gasteiger partial charge in [-0.15, -0.1) is 11.3 Å². The Kier molecular flexibility index (Phi) is 6.80. The number of ether oxygens (including phenoxy) is 1. The molecule has 0 bridgehead atoms. The zero-order chi connectivity index (χ0) is 22.8. The molecule has 3 rings (SSSR count). The van der Waals surface area contributed by atoms with E-state index in [1.165, 1.54) is 37.5 Å². The van der Waals surface area contributed by atoms with Gasteiger partial charge in [0.05, 0.1) is 29.9 Å². The normalized spacial score (nSPS) is 13.5. The van der Waals surface area contributed by atoms with E-state index in [-0.39, 0.29) is 28.5 Å². The number of sulfone groups is 1. The molecule has 0 radical (unpaired) electrons. The van der Waals surface area contributed by atoms with Crippen LogP contribution in [0.4, 0.5) is 5.00 Å². The summed E-state index contributed by atoms with van der Waals surface area (Å²) in [7, 11) is -2.35. The number of anilines is 1. The number of amides is 2. The molecule has 0 saturated carbocycles. The molecule has 0 unspecified atom stereocenters. The Morgan fingerprint density at radius 3 is 2.48 bits per heavy atom. The first-order chi connectivity index (χ1) is 14.6. The molecular formula is C21H24N2O6S2. The van der Waals surface area contributed by atoms with Crippen molar-refractivity contribution in [2.24, 2.45) is 0 Å². The maximum absolute atomic E-state index is 12.5. The smallest absolute Gasteiger partial charge is 0.341 e. The minimum atomic E-state index is -3.61. The van der Waals surface area contributed by atoms with E-state index >= 15 is 0 Å². The molecule has 0 aliphatic carbocycles. The molecule has 2 heterocycles. The standard InChI is InChI=1S/C21H24N2O6S2/c1-13-4-6-15(7-5-13)31(27,28)11-9-18(25)22-20-19(21(26)29-3)16-8-10-23(14(2)24)12-17(16)30-20/h4-7H,8-12H2,1-3H3,(H,22,25). The number of carbonyl (C=O) groups is 3. The summed E-state index contributed by atoms with van der Waals surface area (Å²) in [6.07, 6.45) is 0.229. The van der Waals surface area contributed by atoms with Crippen LogP contribution in [0.3, 0.4) is 0 Å². The number of benzene rings is 1. The number of carbonyl (C=O) groups excluding carboxylic acids is 3. The lowest BCUT2D eigenvalue weighted by Gasteiger charge is -2.25. The lowest BCUT2D eigenvalue weighted by Crippen LogP contribution is -2.33. The quantitative estimate of drug-likeness (QED) is 0.658. The van der Waals surface area contributed by atoms with E-state index in [2.05, 4.69) is 5.32 Å². The SMILES string of the molecule is COC(=O)c1c(NC(=O)CCS(=O)(=O)c2ccc(C)cc2)sc2c1CCN(C(C)=O)C2. The average molecular weight is 465 g/mol. The van der Waals surface area contributed by atoms with Gasteiger partial charge in [0.15, 0.2) is 9.84 Å². The second-order valence-corrected chi connectivity index (χ2v) is 10.5. The Bertz CT molecular complexity index is 1120. The van der Waals surface area contributed by atoms with Crippen LogP contribution in [0.2, 0.25) is 0 Å². The zero-order valence-electron chi connectivity index (χ0n) is 17.6. The number of nitrogens with one attached hydrogen (secondary N) is 1. The number of rotatable bonds is 6. The van der Waals surface area contributed by atoms with Crippen LogP contribution < -0.4 is 5.32 Å². The second-order valence-electron chi connectivity index (χ2n) is 7.32. The topological polar surface area (TPSA) is 110 Å². The molecule has 8 nitrogen and oxygen atoms in total. The molecule has 0 saturated heterocycles. The maximum Gasteiger partial charge on any atom is 0.341 e. The maximum atomic E-state index is 12.5. The summed E-state index contributed by atoms with van der Waals surface area (Å²) in [5.74, 6) is -1.50. The van der Waals surface area contributed by atoms with Crippen LogP contribution in [-0.4, -0.2) is 50.5 Å². The van der Waals surface area contributed by atoms with Gasteiger partial charge in [0.25, 0.3) is 0 Å². The number of esters is 1. The van der Waals surface area contributed by atoms with Crippen molar-refractivity contribution in [3.63, 3.8) is 0 Å². The fraction of sp³-hybridized carbons (Fsp3) is 0.381. The van der Waals surface area contributed by atoms with Crippen LogP contribution in [0.1, 0.15) is 39.7 Å². The predicted molar refractivity (Wildman–Crippen MR) is 117 cm³/mol. The average Bonchev–Trinajstić information content (AvgIpc) is 3.09. The lowest BCUT2D eigenvalue weighted by atomic mass is 10.0. The monoisotopic (exact) mass is 464 g/mol. The molecule has 2 amide bonds. The Balaban J connectivity index is 1.75. The minimum Gasteiger partial charge on any atom is -0.465 e. The van der Waals surface area contributed by atoms with Gasteiger partial charge in [-0.25, -0.2) is 13.2 Å². The summed E-state index contributed by atoms with van der Waals surface area (Å²) in [6.45, 7) is 4.18. The summed E-state index contributed by atoms with van der Waals surface area (Å²) in [6, 6.07) is 6.45. The number of fused-ring (bicyclic) bond motifs is 1. The highest BCUT2D eigenvalue weighted by Crippen LogP contribution is 2.37. The largest absolute Gasteiger partial charge is 0.465 e. The Morgan fingerprint density at radius 2 is 1.87 bits per heavy atom. The van der Waals surface area contributed by atoms with Crippen LogP contribution in [0.15, 0.2) is 29.2 Å². The fourth-order valence-corrected chi connectivity index (χ4v) is 5.87. The van der Waals surface area contributed by atoms with Crippen molar-refractivity contribution < 1.29 is 27.5 Å². The highest BCUT2D eigenvalue weighted by atomic mass is 32.2. The van der Waals surface area contributed by atoms with Gasteiger partial charge in [0.2, 0.25) is 11.8 Å². The van der Waals surface area contributed by atoms with E-state index in [0.717, 1.165) is 16.0 Å². The molecule has 10 heteroatoms. The Morgan fingerprint density at radius 1 is 1.19 bits per heavy atom. The van der Waals surface area contributed by atoms with E-state index in [1.807, 2.05) is 6.92 Å². The summed E-state index contributed by atoms with van der Waals surface area (Å²) in [4.78, 5) is 39.2. The second kappa shape index (κ2) is 9.19. The van der Waals surface area contributed by atoms with Crippen molar-refractivity contribution in [3.05, 3.63) is 45.8 Å². The molecule has 0 atom stereocenters. The molecule has 2 aromatic rings. The summed E-state index contributed by atoms with van der Waals surface area (Å²) >= 11 is 1.21. The highest BCUT2D eigenvalue weighted by molar-refractivity contribution is 7.91. The van der Waals surface area contributed by atoms with Crippen molar-refractivity contribution in [1.29, 1.82) is 0 Å². The van der Waals surface area contributed by atoms with Gasteiger partial charge in [-0.05, 0) is 31.0 Å². The van der Waals surface area contributed by atoms with Crippen LogP contribution in [-0.2, 0) is 37.1 Å². The van der Waals surface area contributed by atoms with Gasteiger partial charge < -0.3 is 15.0 Å². The van der Waals surface area contributed by atoms with Gasteiger partial charge in [-0.3, -0.25) is 9.59 Å². The van der Waals surface area contributed by atoms with E-state index in [1.54, 1.807) is 17.0 Å². The molecule has 1 aromatic carbocycles. The molecule has 1 aromatic heterocycles. The third kappa shape index (κ3) is 5.13. The fourth-order valence-electron chi connectivity index (χ4n) is 3.36. The zero-order valence-corrected chi connectivity index (χ0v) is 19.2. The number of thiophene rings is 1. The molecule has 166 valence electrons. The van der Waals surface area contributed by atoms with Gasteiger partial charge in [0.1, 0.15) is 5.00 Å². The number of nitrogens with zero attached hydrogens (tertiary/aromatic N) is 1. The minimum absolute atomic E-state index is 0.0643. The summed E-state index contributed by atoms with van der Waals surface area (Å²) in [5, 5.41) is 2.99. The van der Waals surface area contributed by atoms with Gasteiger partial charge in [-0.1, -0.05) is 17.7 Å². The van der Waals surface area contributed by atoms with Crippen molar-refractivity contribution in [2.45, 2.75) is 38.1 Å². The third-order valence-corrected chi connectivity index (χ3v) is 7.99. The first-order valence-electron chi connectivity index (χ1n) is 9.70. The van der Waals surface area contributed by atoms with Crippen molar-refractivity contribution in [3.8, 4) is 0 Å². The Hall–Kier alpha value is -2.72. The molecule has 0 spiro atoms. The van der Waals surface area contributed by atoms with Crippen molar-refractivity contribution >= 4 is 44.0 Å². The predicted octanol–water partition coefficient (Wildman–Crippen LogP) is 2.55. The molecular weight excluding hydrogens is 440 g/mol. The van der Waals surface area contributed by atoms with Gasteiger partial charge in [0, 0.05) is 24.8 Å². The molecule has 0 fully saturated rings. The van der Waals surface area contributed by atoms with Crippen LogP contribution in [0.25, 0.3) is 0 Å². The van der Waals surface area contributed by atoms with Crippen LogP contribution >= 0.6 is 11.3 Å². The highest BCUT2D eigenvalue weighted by Gasteiger charge is 2.30. The molecule has 1 aliphatic heterocycles. The first kappa shape index (κ1) is 23.0. The van der Waals surface area contributed by atoms with Crippen molar-refractivity contribution in [1.82, 2.24) is 4.90 Å². The van der Waals surface area contributed by atoms with Gasteiger partial charge in [-0.2, -0.15) is 0 Å². The van der Waals surface area contributed by atoms with Crippen molar-refractivity contribution in [2.75, 3.05) is 24.7 Å². The number of aryl methyl sites for hydroxylation is 1. The van der Waals surface area contributed by atoms with Crippen LogP contribution in [0.5, 0.6) is 0 Å². The molecule has 1 aliphatic rings. The van der Waals surface area contributed by atoms with E-state index in [0.29, 0.717) is 24.5 Å². The van der Waals surface area contributed by atoms with E-state index < -0.39 is 21.7 Å². The number of hydrogen-bond donors (Lipinski definition) is 1.